The van der Waals surface area contributed by atoms with E-state index in [4.69, 9.17) is 0 Å². The average molecular weight is 301 g/mol. The molecule has 0 spiro atoms. The van der Waals surface area contributed by atoms with Crippen LogP contribution in [0.5, 0.6) is 0 Å². The van der Waals surface area contributed by atoms with Crippen LogP contribution in [0.15, 0.2) is 53.8 Å². The molecule has 1 aliphatic rings. The van der Waals surface area contributed by atoms with Crippen LogP contribution in [0.3, 0.4) is 0 Å². The fourth-order valence-electron chi connectivity index (χ4n) is 2.80. The van der Waals surface area contributed by atoms with E-state index in [2.05, 4.69) is 23.1 Å². The van der Waals surface area contributed by atoms with Gasteiger partial charge in [-0.25, -0.2) is 0 Å². The molecular formula is C19H27NO2. The lowest BCUT2D eigenvalue weighted by atomic mass is 10.0. The van der Waals surface area contributed by atoms with E-state index in [-0.39, 0.29) is 5.76 Å². The number of allylic oxidation sites excluding steroid dienone is 2. The number of aliphatic hydroxyl groups excluding tert-OH is 2. The van der Waals surface area contributed by atoms with Gasteiger partial charge in [0.05, 0.1) is 0 Å². The Labute approximate surface area is 133 Å². The zero-order chi connectivity index (χ0) is 15.8. The Balaban J connectivity index is 1.96. The van der Waals surface area contributed by atoms with E-state index in [9.17, 15) is 10.2 Å². The number of aryl methyl sites for hydroxylation is 1. The minimum Gasteiger partial charge on any atom is -0.509 e. The van der Waals surface area contributed by atoms with Gasteiger partial charge in [0, 0.05) is 6.54 Å². The SMILES string of the molecule is CC(O)/C(O)=C(\C=C\CN1CCCC1)CCc1ccccc1. The van der Waals surface area contributed by atoms with Gasteiger partial charge in [0.1, 0.15) is 11.9 Å². The zero-order valence-corrected chi connectivity index (χ0v) is 13.4. The van der Waals surface area contributed by atoms with Crippen molar-refractivity contribution in [1.29, 1.82) is 0 Å². The maximum Gasteiger partial charge on any atom is 0.124 e. The summed E-state index contributed by atoms with van der Waals surface area (Å²) in [4.78, 5) is 2.41. The summed E-state index contributed by atoms with van der Waals surface area (Å²) in [6.45, 7) is 4.85. The van der Waals surface area contributed by atoms with E-state index in [1.54, 1.807) is 6.92 Å². The first-order valence-corrected chi connectivity index (χ1v) is 8.19. The number of nitrogens with zero attached hydrogens (tertiary/aromatic N) is 1. The molecule has 0 aromatic heterocycles. The molecule has 1 atom stereocenters. The highest BCUT2D eigenvalue weighted by molar-refractivity contribution is 5.26. The second kappa shape index (κ2) is 8.76. The summed E-state index contributed by atoms with van der Waals surface area (Å²) in [5.74, 6) is 0.0913. The molecule has 120 valence electrons. The number of aliphatic hydroxyl groups is 2. The predicted octanol–water partition coefficient (Wildman–Crippen LogP) is 3.46. The van der Waals surface area contributed by atoms with Gasteiger partial charge in [-0.1, -0.05) is 42.5 Å². The van der Waals surface area contributed by atoms with Crippen molar-refractivity contribution in [2.45, 2.75) is 38.7 Å². The molecule has 2 rings (SSSR count). The van der Waals surface area contributed by atoms with Crippen LogP contribution in [0.2, 0.25) is 0 Å². The third kappa shape index (κ3) is 5.32. The van der Waals surface area contributed by atoms with Gasteiger partial charge in [-0.15, -0.1) is 0 Å². The molecule has 22 heavy (non-hydrogen) atoms. The van der Waals surface area contributed by atoms with Crippen molar-refractivity contribution in [2.75, 3.05) is 19.6 Å². The molecule has 0 radical (unpaired) electrons. The second-order valence-corrected chi connectivity index (χ2v) is 5.98. The van der Waals surface area contributed by atoms with Gasteiger partial charge in [-0.05, 0) is 56.8 Å². The number of likely N-dealkylation sites (tertiary alicyclic amines) is 1. The summed E-state index contributed by atoms with van der Waals surface area (Å²) >= 11 is 0. The van der Waals surface area contributed by atoms with Crippen LogP contribution in [-0.4, -0.2) is 40.9 Å². The van der Waals surface area contributed by atoms with Gasteiger partial charge in [-0.2, -0.15) is 0 Å². The normalized spacial score (nSPS) is 18.6. The van der Waals surface area contributed by atoms with Crippen LogP contribution in [0.4, 0.5) is 0 Å². The topological polar surface area (TPSA) is 43.7 Å². The minimum absolute atomic E-state index is 0.0913. The minimum atomic E-state index is -0.817. The van der Waals surface area contributed by atoms with Gasteiger partial charge in [-0.3, -0.25) is 4.90 Å². The van der Waals surface area contributed by atoms with Gasteiger partial charge < -0.3 is 10.2 Å². The standard InChI is InChI=1S/C19H27NO2/c1-16(21)19(22)18(10-7-15-20-13-5-6-14-20)12-11-17-8-3-2-4-9-17/h2-4,7-10,16,21-22H,5-6,11-15H2,1H3/b10-7+,19-18-. The Morgan fingerprint density at radius 1 is 1.23 bits per heavy atom. The Bertz CT molecular complexity index is 499. The van der Waals surface area contributed by atoms with Gasteiger partial charge in [0.15, 0.2) is 0 Å². The molecule has 1 unspecified atom stereocenters. The third-order valence-electron chi connectivity index (χ3n) is 4.13. The fourth-order valence-corrected chi connectivity index (χ4v) is 2.80. The second-order valence-electron chi connectivity index (χ2n) is 5.98. The molecule has 1 aliphatic heterocycles. The van der Waals surface area contributed by atoms with Crippen LogP contribution in [0, 0.1) is 0 Å². The maximum absolute atomic E-state index is 10.1. The van der Waals surface area contributed by atoms with Gasteiger partial charge in [0.25, 0.3) is 0 Å². The number of benzene rings is 1. The van der Waals surface area contributed by atoms with Crippen LogP contribution < -0.4 is 0 Å². The van der Waals surface area contributed by atoms with Crippen molar-refractivity contribution >= 4 is 0 Å². The first-order valence-electron chi connectivity index (χ1n) is 8.19. The van der Waals surface area contributed by atoms with E-state index in [1.807, 2.05) is 24.3 Å². The molecular weight excluding hydrogens is 274 g/mol. The zero-order valence-electron chi connectivity index (χ0n) is 13.4. The van der Waals surface area contributed by atoms with Gasteiger partial charge >= 0.3 is 0 Å². The van der Waals surface area contributed by atoms with E-state index in [0.29, 0.717) is 0 Å². The molecule has 1 aromatic rings. The molecule has 3 heteroatoms. The summed E-state index contributed by atoms with van der Waals surface area (Å²) in [7, 11) is 0. The monoisotopic (exact) mass is 301 g/mol. The Morgan fingerprint density at radius 2 is 1.91 bits per heavy atom. The van der Waals surface area contributed by atoms with E-state index in [0.717, 1.165) is 38.0 Å². The van der Waals surface area contributed by atoms with E-state index < -0.39 is 6.10 Å². The molecule has 1 saturated heterocycles. The molecule has 0 aliphatic carbocycles. The molecule has 1 heterocycles. The van der Waals surface area contributed by atoms with Crippen molar-refractivity contribution in [1.82, 2.24) is 4.90 Å². The lowest BCUT2D eigenvalue weighted by Crippen LogP contribution is -2.18. The van der Waals surface area contributed by atoms with Crippen molar-refractivity contribution in [3.63, 3.8) is 0 Å². The first-order chi connectivity index (χ1) is 10.7. The molecule has 2 N–H and O–H groups in total. The van der Waals surface area contributed by atoms with Crippen LogP contribution in [-0.2, 0) is 6.42 Å². The largest absolute Gasteiger partial charge is 0.509 e. The molecule has 1 fully saturated rings. The van der Waals surface area contributed by atoms with Crippen molar-refractivity contribution in [3.05, 3.63) is 59.4 Å². The van der Waals surface area contributed by atoms with Crippen molar-refractivity contribution in [2.24, 2.45) is 0 Å². The molecule has 3 nitrogen and oxygen atoms in total. The van der Waals surface area contributed by atoms with Crippen LogP contribution in [0.25, 0.3) is 0 Å². The Kier molecular flexibility index (Phi) is 6.69. The highest BCUT2D eigenvalue weighted by atomic mass is 16.3. The maximum atomic E-state index is 10.1. The number of hydrogen-bond donors (Lipinski definition) is 2. The molecule has 0 bridgehead atoms. The first kappa shape index (κ1) is 16.8. The van der Waals surface area contributed by atoms with Crippen LogP contribution in [0.1, 0.15) is 31.7 Å². The number of hydrogen-bond acceptors (Lipinski definition) is 3. The smallest absolute Gasteiger partial charge is 0.124 e. The summed E-state index contributed by atoms with van der Waals surface area (Å²) in [6.07, 6.45) is 7.42. The lowest BCUT2D eigenvalue weighted by Gasteiger charge is -2.12. The highest BCUT2D eigenvalue weighted by Gasteiger charge is 2.11. The molecule has 0 amide bonds. The Morgan fingerprint density at radius 3 is 2.55 bits per heavy atom. The van der Waals surface area contributed by atoms with Crippen molar-refractivity contribution in [3.8, 4) is 0 Å². The Hall–Kier alpha value is -1.58. The summed E-state index contributed by atoms with van der Waals surface area (Å²) in [5, 5.41) is 19.8. The molecule has 1 aromatic carbocycles. The average Bonchev–Trinajstić information content (AvgIpc) is 3.04. The highest BCUT2D eigenvalue weighted by Crippen LogP contribution is 2.16. The molecule has 0 saturated carbocycles. The van der Waals surface area contributed by atoms with Crippen molar-refractivity contribution < 1.29 is 10.2 Å². The van der Waals surface area contributed by atoms with E-state index >= 15 is 0 Å². The summed E-state index contributed by atoms with van der Waals surface area (Å²) < 4.78 is 0. The lowest BCUT2D eigenvalue weighted by molar-refractivity contribution is 0.167. The fraction of sp³-hybridized carbons (Fsp3) is 0.474. The quantitative estimate of drug-likeness (QED) is 0.599. The van der Waals surface area contributed by atoms with Gasteiger partial charge in [0.2, 0.25) is 0 Å². The summed E-state index contributed by atoms with van der Waals surface area (Å²) in [5.41, 5.74) is 2.07. The third-order valence-corrected chi connectivity index (χ3v) is 4.13. The van der Waals surface area contributed by atoms with Crippen LogP contribution >= 0.6 is 0 Å². The number of rotatable bonds is 7. The van der Waals surface area contributed by atoms with E-state index in [1.165, 1.54) is 18.4 Å². The summed E-state index contributed by atoms with van der Waals surface area (Å²) in [6, 6.07) is 10.2. The predicted molar refractivity (Wildman–Crippen MR) is 90.9 cm³/mol.